The molecule has 0 heterocycles. The first-order valence-electron chi connectivity index (χ1n) is 18.3. The zero-order valence-corrected chi connectivity index (χ0v) is 33.9. The molecule has 0 saturated heterocycles. The molecule has 6 unspecified atom stereocenters. The van der Waals surface area contributed by atoms with Gasteiger partial charge in [0.1, 0.15) is 28.8 Å². The molecular weight excluding hydrogens is 795 g/mol. The minimum absolute atomic E-state index is 0.240. The van der Waals surface area contributed by atoms with Gasteiger partial charge in [0.25, 0.3) is 0 Å². The number of Topliss-reactive ketones (excluding diaryl/α,β-unsaturated/α-hetero) is 2. The Morgan fingerprint density at radius 1 is 0.707 bits per heavy atom. The summed E-state index contributed by atoms with van der Waals surface area (Å²) in [6.07, 6.45) is 1.81. The third-order valence-corrected chi connectivity index (χ3v) is 13.0. The van der Waals surface area contributed by atoms with E-state index in [1.165, 1.54) is 53.7 Å². The fraction of sp³-hybridized carbons (Fsp3) is 0.349. The van der Waals surface area contributed by atoms with Gasteiger partial charge in [0, 0.05) is 38.7 Å². The molecular formula is C43H42Cl2O13. The van der Waals surface area contributed by atoms with Crippen molar-refractivity contribution < 1.29 is 64.8 Å². The second-order valence-electron chi connectivity index (χ2n) is 15.6. The van der Waals surface area contributed by atoms with Gasteiger partial charge in [0.15, 0.2) is 17.3 Å². The first kappa shape index (κ1) is 42.3. The van der Waals surface area contributed by atoms with E-state index in [-0.39, 0.29) is 31.9 Å². The molecule has 8 N–H and O–H groups in total. The molecule has 6 rings (SSSR count). The average molecular weight is 838 g/mol. The van der Waals surface area contributed by atoms with Crippen molar-refractivity contribution in [3.8, 4) is 34.1 Å². The molecule has 13 nitrogen and oxygen atoms in total. The van der Waals surface area contributed by atoms with Crippen molar-refractivity contribution in [2.24, 2.45) is 23.7 Å². The number of carbonyl (C=O) groups excluding carboxylic acids is 4. The number of aliphatic hydroxyl groups is 4. The molecule has 2 aliphatic carbocycles. The van der Waals surface area contributed by atoms with Crippen LogP contribution in [0, 0.1) is 23.7 Å². The van der Waals surface area contributed by atoms with Crippen molar-refractivity contribution in [2.45, 2.75) is 64.6 Å². The summed E-state index contributed by atoms with van der Waals surface area (Å²) < 4.78 is 4.79. The number of fused-ring (bicyclic) bond motifs is 4. The second-order valence-corrected chi connectivity index (χ2v) is 16.4. The lowest BCUT2D eigenvalue weighted by Gasteiger charge is -2.49. The molecule has 0 amide bonds. The lowest BCUT2D eigenvalue weighted by molar-refractivity contribution is -0.135. The maximum atomic E-state index is 14.8. The van der Waals surface area contributed by atoms with Gasteiger partial charge in [-0.2, -0.15) is 0 Å². The Labute approximate surface area is 342 Å². The molecule has 0 bridgehead atoms. The number of esters is 1. The molecule has 4 aromatic rings. The minimum atomic E-state index is -2.31. The number of methoxy groups -OCH3 is 1. The fourth-order valence-corrected chi connectivity index (χ4v) is 9.89. The van der Waals surface area contributed by atoms with Gasteiger partial charge in [0.2, 0.25) is 0 Å². The number of aliphatic hydroxyl groups excluding tert-OH is 2. The normalized spacial score (nSPS) is 24.9. The van der Waals surface area contributed by atoms with E-state index in [0.717, 1.165) is 25.3 Å². The van der Waals surface area contributed by atoms with Crippen molar-refractivity contribution in [3.05, 3.63) is 80.7 Å². The van der Waals surface area contributed by atoms with Crippen LogP contribution in [0.3, 0.4) is 0 Å². The van der Waals surface area contributed by atoms with Crippen LogP contribution in [0.25, 0.3) is 32.7 Å². The largest absolute Gasteiger partial charge is 0.515 e. The topological polar surface area (TPSA) is 239 Å². The van der Waals surface area contributed by atoms with Crippen LogP contribution in [0.15, 0.2) is 48.4 Å². The van der Waals surface area contributed by atoms with Crippen LogP contribution >= 0.6 is 23.2 Å². The van der Waals surface area contributed by atoms with Gasteiger partial charge in [-0.3, -0.25) is 14.4 Å². The molecule has 0 radical (unpaired) electrons. The van der Waals surface area contributed by atoms with E-state index in [2.05, 4.69) is 0 Å². The molecule has 0 spiro atoms. The van der Waals surface area contributed by atoms with Gasteiger partial charge in [-0.15, -0.1) is 0 Å². The van der Waals surface area contributed by atoms with E-state index in [9.17, 15) is 60.0 Å². The highest BCUT2D eigenvalue weighted by atomic mass is 35.5. The van der Waals surface area contributed by atoms with E-state index < -0.39 is 132 Å². The quantitative estimate of drug-likeness (QED) is 0.0508. The summed E-state index contributed by atoms with van der Waals surface area (Å²) in [7, 11) is 1.03. The summed E-state index contributed by atoms with van der Waals surface area (Å²) in [6.45, 7) is 8.85. The molecule has 6 atom stereocenters. The number of phenolic OH excluding ortho intramolecular Hbond substituents is 4. The first-order chi connectivity index (χ1) is 27.1. The number of halogens is 2. The number of phenols is 4. The zero-order chi connectivity index (χ0) is 43.2. The van der Waals surface area contributed by atoms with Gasteiger partial charge in [-0.05, 0) is 58.4 Å². The van der Waals surface area contributed by atoms with Gasteiger partial charge in [0.05, 0.1) is 64.4 Å². The first-order valence-corrected chi connectivity index (χ1v) is 19.1. The molecule has 0 saturated carbocycles. The third-order valence-electron chi connectivity index (χ3n) is 12.3. The van der Waals surface area contributed by atoms with Gasteiger partial charge >= 0.3 is 5.97 Å². The van der Waals surface area contributed by atoms with Crippen molar-refractivity contribution in [1.29, 1.82) is 0 Å². The van der Waals surface area contributed by atoms with Crippen LogP contribution in [0.5, 0.6) is 23.0 Å². The van der Waals surface area contributed by atoms with E-state index in [4.69, 9.17) is 27.9 Å². The summed E-state index contributed by atoms with van der Waals surface area (Å²) in [6, 6.07) is 4.69. The Bertz CT molecular complexity index is 2560. The number of ether oxygens (including phenoxy) is 1. The maximum absolute atomic E-state index is 14.8. The Morgan fingerprint density at radius 2 is 1.10 bits per heavy atom. The smallest absolute Gasteiger partial charge is 0.333 e. The predicted molar refractivity (Wildman–Crippen MR) is 215 cm³/mol. The monoisotopic (exact) mass is 836 g/mol. The summed E-state index contributed by atoms with van der Waals surface area (Å²) >= 11 is 14.0. The van der Waals surface area contributed by atoms with Crippen LogP contribution in [-0.4, -0.2) is 82.5 Å². The Hall–Kier alpha value is -5.34. The Balaban J connectivity index is 2.11. The Morgan fingerprint density at radius 3 is 1.48 bits per heavy atom. The highest BCUT2D eigenvalue weighted by Gasteiger charge is 2.60. The van der Waals surface area contributed by atoms with Crippen LogP contribution in [0.2, 0.25) is 10.0 Å². The van der Waals surface area contributed by atoms with Crippen LogP contribution < -0.4 is 0 Å². The van der Waals surface area contributed by atoms with Crippen molar-refractivity contribution >= 4 is 68.1 Å². The van der Waals surface area contributed by atoms with Crippen molar-refractivity contribution in [1.82, 2.24) is 0 Å². The average Bonchev–Trinajstić information content (AvgIpc) is 3.15. The summed E-state index contributed by atoms with van der Waals surface area (Å²) in [5.41, 5.74) is -7.33. The lowest BCUT2D eigenvalue weighted by atomic mass is 9.56. The molecule has 0 aliphatic heterocycles. The van der Waals surface area contributed by atoms with Gasteiger partial charge < -0.3 is 45.6 Å². The number of hydrogen-bond donors (Lipinski definition) is 8. The number of hydrogen-bond acceptors (Lipinski definition) is 13. The highest BCUT2D eigenvalue weighted by molar-refractivity contribution is 6.41. The number of ketones is 3. The van der Waals surface area contributed by atoms with Crippen LogP contribution in [0.1, 0.15) is 85.2 Å². The lowest BCUT2D eigenvalue weighted by Crippen LogP contribution is -2.56. The van der Waals surface area contributed by atoms with E-state index in [1.54, 1.807) is 0 Å². The van der Waals surface area contributed by atoms with Gasteiger partial charge in [-0.1, -0.05) is 64.7 Å². The van der Waals surface area contributed by atoms with E-state index >= 15 is 0 Å². The second kappa shape index (κ2) is 14.5. The summed E-state index contributed by atoms with van der Waals surface area (Å²) in [4.78, 5) is 56.8. The van der Waals surface area contributed by atoms with E-state index in [0.29, 0.717) is 12.3 Å². The van der Waals surface area contributed by atoms with E-state index in [1.807, 2.05) is 0 Å². The number of aromatic hydroxyl groups is 4. The third kappa shape index (κ3) is 5.58. The fourth-order valence-electron chi connectivity index (χ4n) is 9.39. The predicted octanol–water partition coefficient (Wildman–Crippen LogP) is 7.65. The number of allylic oxidation sites excluding steroid dienone is 1. The number of rotatable bonds is 7. The molecule has 15 heteroatoms. The van der Waals surface area contributed by atoms with Crippen molar-refractivity contribution in [2.75, 3.05) is 7.11 Å². The van der Waals surface area contributed by atoms with Gasteiger partial charge in [-0.25, -0.2) is 4.79 Å². The standard InChI is InChI=1S/C43H42Cl2O13/c1-15(2)42(56)17(5)38(52)34-32(36(42)23(49)12-13-46)30(26-19(44)8-10-21(47)28(26)40(34)54)31-27-20(45)9-11-22(48)29(27)41(55)35-33(31)37(24(50)14-25(51)58-7)43(57,16(3)4)18(6)39(35)53/h8-18,36-37,46-48,50,54-57H,1-7H3/b13-12?,24-14-. The number of benzene rings is 4. The molecule has 2 aliphatic rings. The number of carbonyl (C=O) groups is 4. The summed E-state index contributed by atoms with van der Waals surface area (Å²) in [5.74, 6) is -16.1. The summed E-state index contributed by atoms with van der Waals surface area (Å²) in [5, 5.41) is 92.7. The SMILES string of the molecule is COC(=O)/C=C(\O)C1c2c(c(O)c3c(O)ccc(Cl)c3c2-c2c3c(c(O)c4c(O)ccc(Cl)c24)C(=O)C(C)C(O)(C(C)C)C3C(=O)C=CO)C(=O)C(C)C1(O)C(C)C. The van der Waals surface area contributed by atoms with Crippen LogP contribution in [0.4, 0.5) is 0 Å². The zero-order valence-electron chi connectivity index (χ0n) is 32.4. The minimum Gasteiger partial charge on any atom is -0.515 e. The maximum Gasteiger partial charge on any atom is 0.333 e. The Kier molecular flexibility index (Phi) is 10.6. The molecule has 0 fully saturated rings. The molecule has 4 aromatic carbocycles. The molecule has 306 valence electrons. The highest BCUT2D eigenvalue weighted by Crippen LogP contribution is 2.63. The van der Waals surface area contributed by atoms with Crippen molar-refractivity contribution in [3.63, 3.8) is 0 Å². The molecule has 0 aromatic heterocycles. The molecule has 58 heavy (non-hydrogen) atoms. The van der Waals surface area contributed by atoms with Crippen LogP contribution in [-0.2, 0) is 14.3 Å².